The second-order valence-electron chi connectivity index (χ2n) is 4.35. The summed E-state index contributed by atoms with van der Waals surface area (Å²) in [6.07, 6.45) is -0.717. The average Bonchev–Trinajstić information content (AvgIpc) is 2.85. The summed E-state index contributed by atoms with van der Waals surface area (Å²) in [5.41, 5.74) is 2.32. The normalized spacial score (nSPS) is 23.2. The molecule has 2 amide bonds. The van der Waals surface area contributed by atoms with Crippen molar-refractivity contribution < 1.29 is 14.7 Å². The fourth-order valence-corrected chi connectivity index (χ4v) is 2.78. The summed E-state index contributed by atoms with van der Waals surface area (Å²) in [5, 5.41) is 12.4. The van der Waals surface area contributed by atoms with E-state index >= 15 is 0 Å². The fourth-order valence-electron chi connectivity index (χ4n) is 2.01. The zero-order valence-electron chi connectivity index (χ0n) is 10.2. The van der Waals surface area contributed by atoms with Crippen molar-refractivity contribution in [2.75, 3.05) is 13.1 Å². The summed E-state index contributed by atoms with van der Waals surface area (Å²) in [6, 6.07) is -0.389. The third-order valence-electron chi connectivity index (χ3n) is 2.90. The maximum absolute atomic E-state index is 12.2. The number of thiazole rings is 1. The van der Waals surface area contributed by atoms with Crippen LogP contribution in [0.25, 0.3) is 0 Å². The van der Waals surface area contributed by atoms with Gasteiger partial charge in [0.05, 0.1) is 23.4 Å². The minimum Gasteiger partial charge on any atom is -0.389 e. The van der Waals surface area contributed by atoms with Crippen molar-refractivity contribution in [3.05, 3.63) is 16.1 Å². The van der Waals surface area contributed by atoms with Gasteiger partial charge in [0.1, 0.15) is 4.88 Å². The van der Waals surface area contributed by atoms with Crippen LogP contribution in [0.1, 0.15) is 22.3 Å². The first-order valence-corrected chi connectivity index (χ1v) is 6.51. The Kier molecular flexibility index (Phi) is 3.63. The number of rotatable bonds is 2. The highest BCUT2D eigenvalue weighted by atomic mass is 32.1. The molecule has 18 heavy (non-hydrogen) atoms. The lowest BCUT2D eigenvalue weighted by Gasteiger charge is -2.15. The maximum Gasteiger partial charge on any atom is 0.266 e. The Labute approximate surface area is 109 Å². The van der Waals surface area contributed by atoms with Gasteiger partial charge in [-0.25, -0.2) is 4.98 Å². The van der Waals surface area contributed by atoms with E-state index in [1.807, 2.05) is 0 Å². The molecule has 0 aliphatic carbocycles. The van der Waals surface area contributed by atoms with Crippen LogP contribution in [0.15, 0.2) is 5.51 Å². The molecule has 1 aliphatic rings. The van der Waals surface area contributed by atoms with Gasteiger partial charge in [-0.05, 0) is 6.92 Å². The number of nitrogens with zero attached hydrogens (tertiary/aromatic N) is 2. The highest BCUT2D eigenvalue weighted by Gasteiger charge is 2.35. The number of carbonyl (C=O) groups is 2. The van der Waals surface area contributed by atoms with Crippen molar-refractivity contribution >= 4 is 23.2 Å². The van der Waals surface area contributed by atoms with E-state index in [4.69, 9.17) is 0 Å². The molecule has 0 unspecified atom stereocenters. The first kappa shape index (κ1) is 13.0. The van der Waals surface area contributed by atoms with E-state index in [1.54, 1.807) is 17.3 Å². The Morgan fingerprint density at radius 1 is 1.56 bits per heavy atom. The predicted molar refractivity (Wildman–Crippen MR) is 66.4 cm³/mol. The molecule has 1 aromatic rings. The number of likely N-dealkylation sites (tertiary alicyclic amines) is 1. The molecule has 2 heterocycles. The van der Waals surface area contributed by atoms with Crippen LogP contribution in [-0.2, 0) is 4.79 Å². The van der Waals surface area contributed by atoms with E-state index in [9.17, 15) is 14.7 Å². The zero-order valence-corrected chi connectivity index (χ0v) is 11.0. The van der Waals surface area contributed by atoms with E-state index in [-0.39, 0.29) is 24.4 Å². The topological polar surface area (TPSA) is 82.5 Å². The zero-order chi connectivity index (χ0) is 13.3. The summed E-state index contributed by atoms with van der Waals surface area (Å²) >= 11 is 1.29. The first-order valence-electron chi connectivity index (χ1n) is 5.63. The smallest absolute Gasteiger partial charge is 0.266 e. The molecule has 6 nitrogen and oxygen atoms in total. The number of hydrogen-bond donors (Lipinski definition) is 2. The van der Waals surface area contributed by atoms with Gasteiger partial charge in [0.25, 0.3) is 5.91 Å². The van der Waals surface area contributed by atoms with E-state index in [0.717, 1.165) is 0 Å². The van der Waals surface area contributed by atoms with E-state index in [0.29, 0.717) is 17.1 Å². The molecular formula is C11H15N3O3S. The quantitative estimate of drug-likeness (QED) is 0.777. The molecule has 1 fully saturated rings. The number of carbonyl (C=O) groups excluding carboxylic acids is 2. The summed E-state index contributed by atoms with van der Waals surface area (Å²) in [5.74, 6) is -0.343. The summed E-state index contributed by atoms with van der Waals surface area (Å²) in [7, 11) is 0. The van der Waals surface area contributed by atoms with Gasteiger partial charge in [0, 0.05) is 20.0 Å². The van der Waals surface area contributed by atoms with Crippen molar-refractivity contribution in [1.82, 2.24) is 15.2 Å². The minimum absolute atomic E-state index is 0.137. The molecule has 7 heteroatoms. The maximum atomic E-state index is 12.2. The number of nitrogens with one attached hydrogen (secondary N) is 1. The molecular weight excluding hydrogens is 254 g/mol. The summed E-state index contributed by atoms with van der Waals surface area (Å²) in [6.45, 7) is 3.74. The van der Waals surface area contributed by atoms with Gasteiger partial charge in [0.2, 0.25) is 5.91 Å². The molecule has 1 saturated heterocycles. The molecule has 2 rings (SSSR count). The van der Waals surface area contributed by atoms with Gasteiger partial charge in [-0.3, -0.25) is 9.59 Å². The molecule has 1 aromatic heterocycles. The lowest BCUT2D eigenvalue weighted by Crippen LogP contribution is -2.41. The van der Waals surface area contributed by atoms with Gasteiger partial charge in [-0.1, -0.05) is 0 Å². The van der Waals surface area contributed by atoms with Gasteiger partial charge < -0.3 is 15.3 Å². The number of aliphatic hydroxyl groups is 1. The van der Waals surface area contributed by atoms with Gasteiger partial charge in [0.15, 0.2) is 0 Å². The van der Waals surface area contributed by atoms with Crippen LogP contribution >= 0.6 is 11.3 Å². The van der Waals surface area contributed by atoms with Gasteiger partial charge >= 0.3 is 0 Å². The number of amides is 2. The Bertz CT molecular complexity index is 474. The molecule has 2 N–H and O–H groups in total. The van der Waals surface area contributed by atoms with Crippen molar-refractivity contribution in [2.45, 2.75) is 26.0 Å². The Hall–Kier alpha value is -1.47. The third kappa shape index (κ3) is 2.51. The van der Waals surface area contributed by atoms with E-state index in [2.05, 4.69) is 10.3 Å². The molecule has 0 spiro atoms. The average molecular weight is 269 g/mol. The highest BCUT2D eigenvalue weighted by molar-refractivity contribution is 7.11. The molecule has 0 aromatic carbocycles. The Morgan fingerprint density at radius 2 is 2.28 bits per heavy atom. The number of aryl methyl sites for hydroxylation is 1. The van der Waals surface area contributed by atoms with Crippen molar-refractivity contribution in [1.29, 1.82) is 0 Å². The summed E-state index contributed by atoms with van der Waals surface area (Å²) in [4.78, 5) is 29.3. The second-order valence-corrected chi connectivity index (χ2v) is 5.21. The van der Waals surface area contributed by atoms with Gasteiger partial charge in [-0.2, -0.15) is 0 Å². The molecule has 1 aliphatic heterocycles. The predicted octanol–water partition coefficient (Wildman–Crippen LogP) is -0.227. The molecule has 98 valence electrons. The van der Waals surface area contributed by atoms with Crippen LogP contribution < -0.4 is 5.32 Å². The van der Waals surface area contributed by atoms with Crippen molar-refractivity contribution in [3.8, 4) is 0 Å². The van der Waals surface area contributed by atoms with E-state index < -0.39 is 6.10 Å². The monoisotopic (exact) mass is 269 g/mol. The number of β-amino-alcohol motifs (C(OH)–C–C–N with tert-alkyl or cyclic N) is 1. The van der Waals surface area contributed by atoms with Gasteiger partial charge in [-0.15, -0.1) is 11.3 Å². The van der Waals surface area contributed by atoms with Crippen LogP contribution in [-0.4, -0.2) is 52.0 Å². The molecule has 0 saturated carbocycles. The molecule has 0 radical (unpaired) electrons. The van der Waals surface area contributed by atoms with Crippen LogP contribution in [0.3, 0.4) is 0 Å². The number of aromatic nitrogens is 1. The van der Waals surface area contributed by atoms with E-state index in [1.165, 1.54) is 18.3 Å². The van der Waals surface area contributed by atoms with Crippen LogP contribution in [0.2, 0.25) is 0 Å². The second kappa shape index (κ2) is 5.03. The SMILES string of the molecule is CC(=O)N[C@@H]1CN(C(=O)c2scnc2C)C[C@H]1O. The minimum atomic E-state index is -0.717. The number of aliphatic hydroxyl groups excluding tert-OH is 1. The largest absolute Gasteiger partial charge is 0.389 e. The summed E-state index contributed by atoms with van der Waals surface area (Å²) < 4.78 is 0. The number of hydrogen-bond acceptors (Lipinski definition) is 5. The molecule has 0 bridgehead atoms. The van der Waals surface area contributed by atoms with Crippen molar-refractivity contribution in [2.24, 2.45) is 0 Å². The Morgan fingerprint density at radius 3 is 2.83 bits per heavy atom. The van der Waals surface area contributed by atoms with Crippen molar-refractivity contribution in [3.63, 3.8) is 0 Å². The molecule has 2 atom stereocenters. The third-order valence-corrected chi connectivity index (χ3v) is 3.82. The fraction of sp³-hybridized carbons (Fsp3) is 0.545. The highest BCUT2D eigenvalue weighted by Crippen LogP contribution is 2.19. The standard InChI is InChI=1S/C11H15N3O3S/c1-6-10(18-5-12-6)11(17)14-3-8(9(16)4-14)13-7(2)15/h5,8-9,16H,3-4H2,1-2H3,(H,13,15)/t8-,9-/m1/s1. The van der Waals surface area contributed by atoms with Crippen LogP contribution in [0, 0.1) is 6.92 Å². The lowest BCUT2D eigenvalue weighted by molar-refractivity contribution is -0.120. The lowest BCUT2D eigenvalue weighted by atomic mass is 10.2. The first-order chi connectivity index (χ1) is 8.49. The Balaban J connectivity index is 2.06. The van der Waals surface area contributed by atoms with Crippen LogP contribution in [0.4, 0.5) is 0 Å². The van der Waals surface area contributed by atoms with Crippen LogP contribution in [0.5, 0.6) is 0 Å².